The molecule has 0 aromatic heterocycles. The van der Waals surface area contributed by atoms with Crippen molar-refractivity contribution < 1.29 is 4.74 Å². The van der Waals surface area contributed by atoms with E-state index in [1.165, 1.54) is 25.7 Å². The van der Waals surface area contributed by atoms with Crippen LogP contribution in [-0.2, 0) is 0 Å². The molecule has 19 heavy (non-hydrogen) atoms. The third-order valence-corrected chi connectivity index (χ3v) is 5.11. The van der Waals surface area contributed by atoms with Gasteiger partial charge in [-0.3, -0.25) is 0 Å². The van der Waals surface area contributed by atoms with Crippen molar-refractivity contribution in [1.29, 1.82) is 0 Å². The monoisotopic (exact) mass is 408 g/mol. The first-order chi connectivity index (χ1) is 9.06. The lowest BCUT2D eigenvalue weighted by atomic mass is 9.82. The van der Waals surface area contributed by atoms with Gasteiger partial charge in [0, 0.05) is 9.89 Å². The molecular weight excluding hydrogens is 388 g/mol. The second-order valence-electron chi connectivity index (χ2n) is 5.02. The first kappa shape index (κ1) is 17.4. The van der Waals surface area contributed by atoms with E-state index in [4.69, 9.17) is 4.74 Å². The molecule has 0 bridgehead atoms. The molecule has 108 valence electrons. The van der Waals surface area contributed by atoms with Gasteiger partial charge in [-0.25, -0.2) is 0 Å². The standard InChI is InChI=1S/C15H22Br2OS/c1-3-7-15(11-19,8-4-2)10-18-14-6-5-12(16)9-13(14)17/h5-6,9,19H,3-4,7-8,10-11H2,1-2H3. The van der Waals surface area contributed by atoms with Gasteiger partial charge >= 0.3 is 0 Å². The molecule has 0 spiro atoms. The van der Waals surface area contributed by atoms with Crippen LogP contribution < -0.4 is 4.74 Å². The van der Waals surface area contributed by atoms with Gasteiger partial charge in [-0.15, -0.1) is 0 Å². The highest BCUT2D eigenvalue weighted by molar-refractivity contribution is 9.11. The molecule has 1 rings (SSSR count). The van der Waals surface area contributed by atoms with Crippen molar-refractivity contribution in [2.45, 2.75) is 39.5 Å². The second kappa shape index (κ2) is 8.58. The van der Waals surface area contributed by atoms with E-state index >= 15 is 0 Å². The van der Waals surface area contributed by atoms with Gasteiger partial charge in [0.2, 0.25) is 0 Å². The zero-order valence-electron chi connectivity index (χ0n) is 11.6. The lowest BCUT2D eigenvalue weighted by molar-refractivity contribution is 0.143. The molecule has 0 unspecified atom stereocenters. The third-order valence-electron chi connectivity index (χ3n) is 3.32. The smallest absolute Gasteiger partial charge is 0.133 e. The van der Waals surface area contributed by atoms with Crippen molar-refractivity contribution in [1.82, 2.24) is 0 Å². The molecule has 1 aromatic rings. The lowest BCUT2D eigenvalue weighted by Gasteiger charge is -2.32. The van der Waals surface area contributed by atoms with E-state index < -0.39 is 0 Å². The summed E-state index contributed by atoms with van der Waals surface area (Å²) in [6.45, 7) is 5.19. The Kier molecular flexibility index (Phi) is 7.85. The third kappa shape index (κ3) is 5.31. The Balaban J connectivity index is 2.74. The molecule has 0 aliphatic rings. The predicted octanol–water partition coefficient (Wildman–Crippen LogP) is 6.11. The van der Waals surface area contributed by atoms with Crippen LogP contribution in [0, 0.1) is 5.41 Å². The highest BCUT2D eigenvalue weighted by Crippen LogP contribution is 2.34. The summed E-state index contributed by atoms with van der Waals surface area (Å²) >= 11 is 11.6. The van der Waals surface area contributed by atoms with Crippen LogP contribution in [0.3, 0.4) is 0 Å². The molecule has 0 saturated carbocycles. The molecule has 0 fully saturated rings. The summed E-state index contributed by atoms with van der Waals surface area (Å²) < 4.78 is 8.08. The van der Waals surface area contributed by atoms with Gasteiger partial charge in [-0.05, 0) is 52.7 Å². The van der Waals surface area contributed by atoms with E-state index in [0.29, 0.717) is 0 Å². The summed E-state index contributed by atoms with van der Waals surface area (Å²) in [6, 6.07) is 6.01. The quantitative estimate of drug-likeness (QED) is 0.509. The maximum atomic E-state index is 6.04. The van der Waals surface area contributed by atoms with E-state index in [9.17, 15) is 0 Å². The van der Waals surface area contributed by atoms with E-state index in [0.717, 1.165) is 27.1 Å². The summed E-state index contributed by atoms with van der Waals surface area (Å²) in [5.74, 6) is 1.78. The number of hydrogen-bond donors (Lipinski definition) is 1. The van der Waals surface area contributed by atoms with Crippen LogP contribution >= 0.6 is 44.5 Å². The summed E-state index contributed by atoms with van der Waals surface area (Å²) in [5.41, 5.74) is 0.194. The number of benzene rings is 1. The Bertz CT molecular complexity index is 390. The predicted molar refractivity (Wildman–Crippen MR) is 93.4 cm³/mol. The Morgan fingerprint density at radius 3 is 2.26 bits per heavy atom. The second-order valence-corrected chi connectivity index (χ2v) is 7.11. The molecule has 0 amide bonds. The van der Waals surface area contributed by atoms with Crippen LogP contribution in [0.25, 0.3) is 0 Å². The van der Waals surface area contributed by atoms with E-state index in [-0.39, 0.29) is 5.41 Å². The number of thiol groups is 1. The molecule has 0 heterocycles. The van der Waals surface area contributed by atoms with Gasteiger partial charge < -0.3 is 4.74 Å². The number of ether oxygens (including phenoxy) is 1. The van der Waals surface area contributed by atoms with Crippen LogP contribution in [0.2, 0.25) is 0 Å². The number of halogens is 2. The van der Waals surface area contributed by atoms with Crippen LogP contribution in [-0.4, -0.2) is 12.4 Å². The van der Waals surface area contributed by atoms with Crippen LogP contribution in [0.1, 0.15) is 39.5 Å². The van der Waals surface area contributed by atoms with Crippen LogP contribution in [0.5, 0.6) is 5.75 Å². The fourth-order valence-corrected chi connectivity index (χ4v) is 3.93. The maximum Gasteiger partial charge on any atom is 0.133 e. The van der Waals surface area contributed by atoms with Crippen molar-refractivity contribution in [3.05, 3.63) is 27.1 Å². The van der Waals surface area contributed by atoms with Gasteiger partial charge in [0.1, 0.15) is 5.75 Å². The zero-order chi connectivity index (χ0) is 14.3. The molecule has 4 heteroatoms. The van der Waals surface area contributed by atoms with Gasteiger partial charge in [-0.2, -0.15) is 12.6 Å². The summed E-state index contributed by atoms with van der Waals surface area (Å²) in [6.07, 6.45) is 4.67. The van der Waals surface area contributed by atoms with Crippen molar-refractivity contribution in [3.8, 4) is 5.75 Å². The Morgan fingerprint density at radius 1 is 1.16 bits per heavy atom. The zero-order valence-corrected chi connectivity index (χ0v) is 15.7. The summed E-state index contributed by atoms with van der Waals surface area (Å²) in [5, 5.41) is 0. The summed E-state index contributed by atoms with van der Waals surface area (Å²) in [4.78, 5) is 0. The van der Waals surface area contributed by atoms with Crippen LogP contribution in [0.4, 0.5) is 0 Å². The van der Waals surface area contributed by atoms with Crippen molar-refractivity contribution in [3.63, 3.8) is 0 Å². The average Bonchev–Trinajstić information content (AvgIpc) is 2.38. The first-order valence-electron chi connectivity index (χ1n) is 6.75. The molecular formula is C15H22Br2OS. The summed E-state index contributed by atoms with van der Waals surface area (Å²) in [7, 11) is 0. The molecule has 0 saturated heterocycles. The highest BCUT2D eigenvalue weighted by Gasteiger charge is 2.28. The minimum Gasteiger partial charge on any atom is -0.492 e. The average molecular weight is 410 g/mol. The van der Waals surface area contributed by atoms with Crippen molar-refractivity contribution in [2.24, 2.45) is 5.41 Å². The van der Waals surface area contributed by atoms with Crippen molar-refractivity contribution >= 4 is 44.5 Å². The van der Waals surface area contributed by atoms with E-state index in [2.05, 4.69) is 58.3 Å². The SMILES string of the molecule is CCCC(CS)(CCC)COc1ccc(Br)cc1Br. The molecule has 0 N–H and O–H groups in total. The normalized spacial score (nSPS) is 11.6. The van der Waals surface area contributed by atoms with Crippen LogP contribution in [0.15, 0.2) is 27.1 Å². The number of rotatable bonds is 8. The molecule has 0 atom stereocenters. The van der Waals surface area contributed by atoms with Gasteiger partial charge in [0.15, 0.2) is 0 Å². The maximum absolute atomic E-state index is 6.04. The van der Waals surface area contributed by atoms with Gasteiger partial charge in [-0.1, -0.05) is 42.6 Å². The minimum absolute atomic E-state index is 0.194. The molecule has 0 aliphatic carbocycles. The fourth-order valence-electron chi connectivity index (χ4n) is 2.36. The van der Waals surface area contributed by atoms with E-state index in [1.807, 2.05) is 18.2 Å². The highest BCUT2D eigenvalue weighted by atomic mass is 79.9. The minimum atomic E-state index is 0.194. The molecule has 1 aromatic carbocycles. The molecule has 0 aliphatic heterocycles. The van der Waals surface area contributed by atoms with E-state index in [1.54, 1.807) is 0 Å². The molecule has 1 nitrogen and oxygen atoms in total. The van der Waals surface area contributed by atoms with Gasteiger partial charge in [0.05, 0.1) is 11.1 Å². The van der Waals surface area contributed by atoms with Crippen molar-refractivity contribution in [2.75, 3.05) is 12.4 Å². The largest absolute Gasteiger partial charge is 0.492 e. The lowest BCUT2D eigenvalue weighted by Crippen LogP contribution is -2.30. The Labute approximate surface area is 139 Å². The Hall–Kier alpha value is 0.330. The fraction of sp³-hybridized carbons (Fsp3) is 0.600. The Morgan fingerprint density at radius 2 is 1.79 bits per heavy atom. The topological polar surface area (TPSA) is 9.23 Å². The van der Waals surface area contributed by atoms with Gasteiger partial charge in [0.25, 0.3) is 0 Å². The first-order valence-corrected chi connectivity index (χ1v) is 8.97. The molecule has 0 radical (unpaired) electrons. The number of hydrogen-bond acceptors (Lipinski definition) is 2.